The van der Waals surface area contributed by atoms with Gasteiger partial charge >= 0.3 is 0 Å². The molecular weight excluding hydrogens is 300 g/mol. The van der Waals surface area contributed by atoms with Crippen molar-refractivity contribution in [2.75, 3.05) is 11.1 Å². The van der Waals surface area contributed by atoms with Crippen LogP contribution in [0.3, 0.4) is 0 Å². The minimum absolute atomic E-state index is 0.0143. The van der Waals surface area contributed by atoms with E-state index in [2.05, 4.69) is 15.9 Å². The predicted octanol–water partition coefficient (Wildman–Crippen LogP) is 3.38. The third kappa shape index (κ3) is 3.81. The Labute approximate surface area is 112 Å². The van der Waals surface area contributed by atoms with Crippen LogP contribution in [0.1, 0.15) is 32.3 Å². The molecule has 0 aliphatic carbocycles. The molecule has 0 amide bonds. The molecule has 17 heavy (non-hydrogen) atoms. The molecule has 4 heteroatoms. The Hall–Kier alpha value is -0.350. The molecule has 0 aromatic heterocycles. The Morgan fingerprint density at radius 2 is 1.71 bits per heavy atom. The Balaban J connectivity index is 2.94. The Bertz CT molecular complexity index is 446. The summed E-state index contributed by atoms with van der Waals surface area (Å²) in [4.78, 5) is 0. The van der Waals surface area contributed by atoms with Gasteiger partial charge in [-0.3, -0.25) is 0 Å². The lowest BCUT2D eigenvalue weighted by molar-refractivity contribution is 0.555. The Kier molecular flexibility index (Phi) is 4.78. The smallest absolute Gasteiger partial charge is 0.155 e. The first-order valence-electron chi connectivity index (χ1n) is 5.61. The Morgan fingerprint density at radius 3 is 2.12 bits per heavy atom. The number of sulfone groups is 1. The van der Waals surface area contributed by atoms with E-state index in [1.807, 2.05) is 30.3 Å². The molecule has 0 saturated carbocycles. The monoisotopic (exact) mass is 318 g/mol. The molecular formula is C13H19BrO2S. The molecule has 1 unspecified atom stereocenters. The van der Waals surface area contributed by atoms with Crippen molar-refractivity contribution in [3.05, 3.63) is 35.9 Å². The van der Waals surface area contributed by atoms with Gasteiger partial charge in [0, 0.05) is 11.2 Å². The van der Waals surface area contributed by atoms with Gasteiger partial charge in [-0.05, 0) is 26.3 Å². The summed E-state index contributed by atoms with van der Waals surface area (Å²) in [6.45, 7) is 5.25. The molecule has 1 aromatic rings. The summed E-state index contributed by atoms with van der Waals surface area (Å²) in [5, 5.41) is 0.659. The summed E-state index contributed by atoms with van der Waals surface area (Å²) in [6, 6.07) is 9.77. The van der Waals surface area contributed by atoms with E-state index in [0.717, 1.165) is 5.56 Å². The number of rotatable bonds is 4. The largest absolute Gasteiger partial charge is 0.228 e. The Morgan fingerprint density at radius 1 is 1.18 bits per heavy atom. The van der Waals surface area contributed by atoms with E-state index in [-0.39, 0.29) is 11.7 Å². The van der Waals surface area contributed by atoms with Crippen molar-refractivity contribution in [2.45, 2.75) is 31.4 Å². The van der Waals surface area contributed by atoms with Crippen LogP contribution < -0.4 is 0 Å². The summed E-state index contributed by atoms with van der Waals surface area (Å²) in [7, 11) is -3.09. The lowest BCUT2D eigenvalue weighted by Gasteiger charge is -2.23. The number of hydrogen-bond acceptors (Lipinski definition) is 2. The maximum atomic E-state index is 12.2. The van der Waals surface area contributed by atoms with Gasteiger partial charge in [-0.2, -0.15) is 0 Å². The molecule has 0 heterocycles. The van der Waals surface area contributed by atoms with Gasteiger partial charge in [0.2, 0.25) is 0 Å². The highest BCUT2D eigenvalue weighted by molar-refractivity contribution is 9.09. The van der Waals surface area contributed by atoms with Crippen LogP contribution in [0.15, 0.2) is 30.3 Å². The average Bonchev–Trinajstić information content (AvgIpc) is 2.25. The SMILES string of the molecule is CC(C)(C)S(=O)(=O)CC(CBr)c1ccccc1. The van der Waals surface area contributed by atoms with Crippen LogP contribution in [0.5, 0.6) is 0 Å². The third-order valence-corrected chi connectivity index (χ3v) is 6.30. The van der Waals surface area contributed by atoms with Gasteiger partial charge in [-0.1, -0.05) is 46.3 Å². The summed E-state index contributed by atoms with van der Waals surface area (Å²) in [5.74, 6) is 0.201. The van der Waals surface area contributed by atoms with E-state index in [9.17, 15) is 8.42 Å². The molecule has 1 atom stereocenters. The second-order valence-electron chi connectivity index (χ2n) is 5.16. The summed E-state index contributed by atoms with van der Waals surface area (Å²) >= 11 is 3.41. The normalized spacial score (nSPS) is 14.6. The molecule has 0 bridgehead atoms. The number of hydrogen-bond donors (Lipinski definition) is 0. The quantitative estimate of drug-likeness (QED) is 0.797. The van der Waals surface area contributed by atoms with Gasteiger partial charge in [0.25, 0.3) is 0 Å². The van der Waals surface area contributed by atoms with Crippen molar-refractivity contribution in [2.24, 2.45) is 0 Å². The summed E-state index contributed by atoms with van der Waals surface area (Å²) in [5.41, 5.74) is 1.07. The van der Waals surface area contributed by atoms with Crippen molar-refractivity contribution in [1.29, 1.82) is 0 Å². The predicted molar refractivity (Wildman–Crippen MR) is 76.5 cm³/mol. The zero-order valence-electron chi connectivity index (χ0n) is 10.5. The van der Waals surface area contributed by atoms with Crippen molar-refractivity contribution >= 4 is 25.8 Å². The van der Waals surface area contributed by atoms with Crippen LogP contribution in [0.4, 0.5) is 0 Å². The first-order chi connectivity index (χ1) is 7.78. The van der Waals surface area contributed by atoms with Gasteiger partial charge < -0.3 is 0 Å². The molecule has 0 spiro atoms. The number of alkyl halides is 1. The maximum Gasteiger partial charge on any atom is 0.155 e. The lowest BCUT2D eigenvalue weighted by atomic mass is 10.0. The average molecular weight is 319 g/mol. The van der Waals surface area contributed by atoms with Gasteiger partial charge in [0.15, 0.2) is 9.84 Å². The van der Waals surface area contributed by atoms with E-state index in [1.165, 1.54) is 0 Å². The van der Waals surface area contributed by atoms with Crippen LogP contribution in [0.25, 0.3) is 0 Å². The molecule has 96 valence electrons. The van der Waals surface area contributed by atoms with Gasteiger partial charge in [0.05, 0.1) is 10.5 Å². The van der Waals surface area contributed by atoms with Gasteiger partial charge in [-0.25, -0.2) is 8.42 Å². The molecule has 2 nitrogen and oxygen atoms in total. The van der Waals surface area contributed by atoms with E-state index < -0.39 is 14.6 Å². The van der Waals surface area contributed by atoms with E-state index in [1.54, 1.807) is 20.8 Å². The fourth-order valence-electron chi connectivity index (χ4n) is 1.47. The van der Waals surface area contributed by atoms with Crippen molar-refractivity contribution in [3.63, 3.8) is 0 Å². The van der Waals surface area contributed by atoms with E-state index in [0.29, 0.717) is 5.33 Å². The first-order valence-corrected chi connectivity index (χ1v) is 8.38. The van der Waals surface area contributed by atoms with Crippen LogP contribution in [-0.2, 0) is 9.84 Å². The molecule has 1 aromatic carbocycles. The number of benzene rings is 1. The minimum atomic E-state index is -3.09. The second-order valence-corrected chi connectivity index (χ2v) is 8.59. The molecule has 0 fully saturated rings. The zero-order chi connectivity index (χ0) is 13.1. The second kappa shape index (κ2) is 5.53. The highest BCUT2D eigenvalue weighted by Crippen LogP contribution is 2.25. The van der Waals surface area contributed by atoms with Crippen molar-refractivity contribution in [3.8, 4) is 0 Å². The summed E-state index contributed by atoms with van der Waals surface area (Å²) in [6.07, 6.45) is 0. The first kappa shape index (κ1) is 14.7. The maximum absolute atomic E-state index is 12.2. The zero-order valence-corrected chi connectivity index (χ0v) is 12.9. The van der Waals surface area contributed by atoms with Crippen LogP contribution >= 0.6 is 15.9 Å². The third-order valence-electron chi connectivity index (χ3n) is 2.81. The molecule has 0 N–H and O–H groups in total. The lowest BCUT2D eigenvalue weighted by Crippen LogP contribution is -2.33. The van der Waals surface area contributed by atoms with Crippen molar-refractivity contribution < 1.29 is 8.42 Å². The van der Waals surface area contributed by atoms with Crippen LogP contribution in [-0.4, -0.2) is 24.2 Å². The molecule has 0 aliphatic rings. The van der Waals surface area contributed by atoms with Crippen LogP contribution in [0.2, 0.25) is 0 Å². The van der Waals surface area contributed by atoms with Gasteiger partial charge in [0.1, 0.15) is 0 Å². The van der Waals surface area contributed by atoms with Crippen molar-refractivity contribution in [1.82, 2.24) is 0 Å². The highest BCUT2D eigenvalue weighted by atomic mass is 79.9. The van der Waals surface area contributed by atoms with E-state index in [4.69, 9.17) is 0 Å². The molecule has 0 radical (unpaired) electrons. The topological polar surface area (TPSA) is 34.1 Å². The standard InChI is InChI=1S/C13H19BrO2S/c1-13(2,3)17(15,16)10-12(9-14)11-7-5-4-6-8-11/h4-8,12H,9-10H2,1-3H3. The van der Waals surface area contributed by atoms with Gasteiger partial charge in [-0.15, -0.1) is 0 Å². The minimum Gasteiger partial charge on any atom is -0.228 e. The number of halogens is 1. The molecule has 0 aliphatic heterocycles. The molecule has 1 rings (SSSR count). The summed E-state index contributed by atoms with van der Waals surface area (Å²) < 4.78 is 23.7. The fourth-order valence-corrected chi connectivity index (χ4v) is 3.72. The van der Waals surface area contributed by atoms with Crippen LogP contribution in [0, 0.1) is 0 Å². The molecule has 0 saturated heterocycles. The van der Waals surface area contributed by atoms with E-state index >= 15 is 0 Å². The fraction of sp³-hybridized carbons (Fsp3) is 0.538. The highest BCUT2D eigenvalue weighted by Gasteiger charge is 2.31.